The van der Waals surface area contributed by atoms with Crippen molar-refractivity contribution < 1.29 is 24.5 Å². The summed E-state index contributed by atoms with van der Waals surface area (Å²) in [5, 5.41) is 21.3. The van der Waals surface area contributed by atoms with Crippen molar-refractivity contribution in [1.29, 1.82) is 0 Å². The van der Waals surface area contributed by atoms with Gasteiger partial charge in [0.2, 0.25) is 0 Å². The van der Waals surface area contributed by atoms with Gasteiger partial charge in [0.25, 0.3) is 5.91 Å². The average Bonchev–Trinajstić information content (AvgIpc) is 2.60. The molecule has 0 saturated heterocycles. The largest absolute Gasteiger partial charge is 0.493 e. The molecule has 1 saturated carbocycles. The van der Waals surface area contributed by atoms with Crippen LogP contribution in [-0.4, -0.2) is 49.1 Å². The minimum absolute atomic E-state index is 0.00478. The molecule has 3 N–H and O–H groups in total. The Bertz CT molecular complexity index is 520. The Kier molecular flexibility index (Phi) is 6.67. The highest BCUT2D eigenvalue weighted by molar-refractivity contribution is 5.95. The Morgan fingerprint density at radius 3 is 2.74 bits per heavy atom. The molecule has 0 heterocycles. The molecule has 2 atom stereocenters. The lowest BCUT2D eigenvalue weighted by Gasteiger charge is -2.30. The molecule has 1 aromatic rings. The number of nitrogens with one attached hydrogen (secondary N) is 1. The fraction of sp³-hybridized carbons (Fsp3) is 0.588. The number of rotatable bonds is 7. The van der Waals surface area contributed by atoms with Crippen molar-refractivity contribution in [3.05, 3.63) is 23.8 Å². The van der Waals surface area contributed by atoms with E-state index in [1.165, 1.54) is 7.11 Å². The van der Waals surface area contributed by atoms with Crippen molar-refractivity contribution >= 4 is 5.91 Å². The molecule has 6 nitrogen and oxygen atoms in total. The molecular formula is C17H25NO5. The molecule has 1 aromatic carbocycles. The van der Waals surface area contributed by atoms with Crippen LogP contribution in [0.1, 0.15) is 36.0 Å². The van der Waals surface area contributed by atoms with Gasteiger partial charge in [-0.3, -0.25) is 4.79 Å². The molecule has 1 amide bonds. The number of carbonyl (C=O) groups is 1. The Balaban J connectivity index is 2.08. The van der Waals surface area contributed by atoms with E-state index >= 15 is 0 Å². The number of carbonyl (C=O) groups excluding carboxylic acids is 1. The van der Waals surface area contributed by atoms with Crippen LogP contribution >= 0.6 is 0 Å². The molecular weight excluding hydrogens is 298 g/mol. The van der Waals surface area contributed by atoms with Crippen LogP contribution in [0.25, 0.3) is 0 Å². The highest BCUT2D eigenvalue weighted by atomic mass is 16.5. The van der Waals surface area contributed by atoms with E-state index in [1.54, 1.807) is 18.2 Å². The van der Waals surface area contributed by atoms with E-state index in [-0.39, 0.29) is 37.7 Å². The number of benzene rings is 1. The molecule has 1 aliphatic rings. The third kappa shape index (κ3) is 4.59. The van der Waals surface area contributed by atoms with Gasteiger partial charge in [0.1, 0.15) is 6.61 Å². The maximum atomic E-state index is 12.5. The third-order valence-electron chi connectivity index (χ3n) is 4.23. The number of hydrogen-bond acceptors (Lipinski definition) is 5. The van der Waals surface area contributed by atoms with Crippen molar-refractivity contribution in [3.8, 4) is 11.5 Å². The SMILES string of the molecule is COc1ccc(C(=O)N[C@H]2CCCC[C@@H]2CO)cc1OCCO. The zero-order valence-electron chi connectivity index (χ0n) is 13.5. The fourth-order valence-corrected chi connectivity index (χ4v) is 2.95. The van der Waals surface area contributed by atoms with Crippen LogP contribution in [0.5, 0.6) is 11.5 Å². The normalized spacial score (nSPS) is 20.8. The fourth-order valence-electron chi connectivity index (χ4n) is 2.95. The lowest BCUT2D eigenvalue weighted by Crippen LogP contribution is -2.43. The molecule has 6 heteroatoms. The van der Waals surface area contributed by atoms with Crippen LogP contribution in [0.15, 0.2) is 18.2 Å². The van der Waals surface area contributed by atoms with Crippen LogP contribution in [0.4, 0.5) is 0 Å². The van der Waals surface area contributed by atoms with Gasteiger partial charge in [-0.05, 0) is 31.0 Å². The molecule has 1 fully saturated rings. The summed E-state index contributed by atoms with van der Waals surface area (Å²) in [7, 11) is 1.52. The van der Waals surface area contributed by atoms with Crippen LogP contribution in [0.2, 0.25) is 0 Å². The summed E-state index contributed by atoms with van der Waals surface area (Å²) in [4.78, 5) is 12.5. The molecule has 0 aliphatic heterocycles. The van der Waals surface area contributed by atoms with Gasteiger partial charge in [0, 0.05) is 24.1 Å². The Hall–Kier alpha value is -1.79. The van der Waals surface area contributed by atoms with Gasteiger partial charge in [0.15, 0.2) is 11.5 Å². The van der Waals surface area contributed by atoms with E-state index in [4.69, 9.17) is 14.6 Å². The summed E-state index contributed by atoms with van der Waals surface area (Å²) in [5.41, 5.74) is 0.473. The molecule has 0 aromatic heterocycles. The molecule has 2 rings (SSSR count). The summed E-state index contributed by atoms with van der Waals surface area (Å²) in [6, 6.07) is 4.97. The van der Waals surface area contributed by atoms with Crippen molar-refractivity contribution in [1.82, 2.24) is 5.32 Å². The van der Waals surface area contributed by atoms with E-state index in [9.17, 15) is 9.90 Å². The topological polar surface area (TPSA) is 88.0 Å². The van der Waals surface area contributed by atoms with Gasteiger partial charge in [-0.2, -0.15) is 0 Å². The van der Waals surface area contributed by atoms with Gasteiger partial charge in [-0.15, -0.1) is 0 Å². The second kappa shape index (κ2) is 8.74. The molecule has 128 valence electrons. The number of hydrogen-bond donors (Lipinski definition) is 3. The molecule has 23 heavy (non-hydrogen) atoms. The number of amides is 1. The predicted molar refractivity (Wildman–Crippen MR) is 85.9 cm³/mol. The maximum Gasteiger partial charge on any atom is 0.251 e. The summed E-state index contributed by atoms with van der Waals surface area (Å²) in [6.07, 6.45) is 3.99. The standard InChI is InChI=1S/C17H25NO5/c1-22-15-7-6-12(10-16(15)23-9-8-19)17(21)18-14-5-3-2-4-13(14)11-20/h6-7,10,13-14,19-20H,2-5,8-9,11H2,1H3,(H,18,21)/t13-,14+/m1/s1. The molecule has 0 radical (unpaired) electrons. The third-order valence-corrected chi connectivity index (χ3v) is 4.23. The Morgan fingerprint density at radius 1 is 1.26 bits per heavy atom. The van der Waals surface area contributed by atoms with Gasteiger partial charge >= 0.3 is 0 Å². The lowest BCUT2D eigenvalue weighted by atomic mass is 9.85. The van der Waals surface area contributed by atoms with Gasteiger partial charge in [-0.25, -0.2) is 0 Å². The Labute approximate surface area is 136 Å². The van der Waals surface area contributed by atoms with Crippen LogP contribution in [-0.2, 0) is 0 Å². The highest BCUT2D eigenvalue weighted by Gasteiger charge is 2.26. The highest BCUT2D eigenvalue weighted by Crippen LogP contribution is 2.29. The second-order valence-electron chi connectivity index (χ2n) is 5.74. The first kappa shape index (κ1) is 17.6. The Morgan fingerprint density at radius 2 is 2.04 bits per heavy atom. The van der Waals surface area contributed by atoms with Crippen molar-refractivity contribution in [2.24, 2.45) is 5.92 Å². The van der Waals surface area contributed by atoms with E-state index in [0.717, 1.165) is 25.7 Å². The lowest BCUT2D eigenvalue weighted by molar-refractivity contribution is 0.0872. The van der Waals surface area contributed by atoms with Gasteiger partial charge in [-0.1, -0.05) is 12.8 Å². The zero-order valence-corrected chi connectivity index (χ0v) is 13.5. The van der Waals surface area contributed by atoms with Crippen LogP contribution in [0.3, 0.4) is 0 Å². The summed E-state index contributed by atoms with van der Waals surface area (Å²) < 4.78 is 10.6. The first-order chi connectivity index (χ1) is 11.2. The molecule has 0 spiro atoms. The molecule has 0 bridgehead atoms. The summed E-state index contributed by atoms with van der Waals surface area (Å²) in [6.45, 7) is 0.120. The van der Waals surface area contributed by atoms with Crippen LogP contribution in [0, 0.1) is 5.92 Å². The van der Waals surface area contributed by atoms with E-state index in [1.807, 2.05) is 0 Å². The van der Waals surface area contributed by atoms with E-state index < -0.39 is 0 Å². The van der Waals surface area contributed by atoms with Crippen molar-refractivity contribution in [2.45, 2.75) is 31.7 Å². The smallest absolute Gasteiger partial charge is 0.251 e. The maximum absolute atomic E-state index is 12.5. The van der Waals surface area contributed by atoms with Crippen molar-refractivity contribution in [2.75, 3.05) is 26.9 Å². The molecule has 0 unspecified atom stereocenters. The number of ether oxygens (including phenoxy) is 2. The first-order valence-corrected chi connectivity index (χ1v) is 8.03. The van der Waals surface area contributed by atoms with Crippen molar-refractivity contribution in [3.63, 3.8) is 0 Å². The minimum atomic E-state index is -0.188. The average molecular weight is 323 g/mol. The summed E-state index contributed by atoms with van der Waals surface area (Å²) >= 11 is 0. The first-order valence-electron chi connectivity index (χ1n) is 8.03. The molecule has 1 aliphatic carbocycles. The number of aliphatic hydroxyl groups is 2. The van der Waals surface area contributed by atoms with Crippen LogP contribution < -0.4 is 14.8 Å². The summed E-state index contributed by atoms with van der Waals surface area (Å²) in [5.74, 6) is 0.875. The number of aliphatic hydroxyl groups excluding tert-OH is 2. The van der Waals surface area contributed by atoms with E-state index in [0.29, 0.717) is 17.1 Å². The zero-order chi connectivity index (χ0) is 16.7. The minimum Gasteiger partial charge on any atom is -0.493 e. The number of methoxy groups -OCH3 is 1. The monoisotopic (exact) mass is 323 g/mol. The van der Waals surface area contributed by atoms with E-state index in [2.05, 4.69) is 5.32 Å². The van der Waals surface area contributed by atoms with Gasteiger partial charge in [0.05, 0.1) is 13.7 Å². The predicted octanol–water partition coefficient (Wildman–Crippen LogP) is 1.35. The van der Waals surface area contributed by atoms with Gasteiger partial charge < -0.3 is 25.0 Å². The quantitative estimate of drug-likeness (QED) is 0.705. The second-order valence-corrected chi connectivity index (χ2v) is 5.74.